The molecule has 4 unspecified atom stereocenters. The van der Waals surface area contributed by atoms with Crippen molar-refractivity contribution in [3.63, 3.8) is 0 Å². The highest BCUT2D eigenvalue weighted by Crippen LogP contribution is 2.64. The second kappa shape index (κ2) is 12.3. The SMILES string of the molecule is CC(C)c1cc2c3c(c1)C(C)c1cc(N4c5ccccc5C5(c6ccccc6N(c6ccccc6)c6ccccc65)c5ccccc54)cc4c1B3C1C(=CC=CC1O4)C2C. The minimum atomic E-state index is -0.571. The van der Waals surface area contributed by atoms with Gasteiger partial charge in [-0.3, -0.25) is 0 Å². The first-order valence-corrected chi connectivity index (χ1v) is 21.9. The summed E-state index contributed by atoms with van der Waals surface area (Å²) in [7, 11) is 0. The lowest BCUT2D eigenvalue weighted by molar-refractivity contribution is 0.240. The minimum absolute atomic E-state index is 0.000712. The Kier molecular flexibility index (Phi) is 7.03. The van der Waals surface area contributed by atoms with Crippen LogP contribution in [0.4, 0.5) is 34.1 Å². The van der Waals surface area contributed by atoms with Gasteiger partial charge in [0.15, 0.2) is 0 Å². The van der Waals surface area contributed by atoms with Gasteiger partial charge < -0.3 is 14.5 Å². The largest absolute Gasteiger partial charge is 0.487 e. The minimum Gasteiger partial charge on any atom is -0.487 e. The van der Waals surface area contributed by atoms with E-state index >= 15 is 0 Å². The lowest BCUT2D eigenvalue weighted by Gasteiger charge is -2.52. The molecule has 3 nitrogen and oxygen atoms in total. The van der Waals surface area contributed by atoms with Crippen molar-refractivity contribution < 1.29 is 4.74 Å². The summed E-state index contributed by atoms with van der Waals surface area (Å²) in [5.41, 5.74) is 22.0. The van der Waals surface area contributed by atoms with Crippen LogP contribution in [0.15, 0.2) is 175 Å². The molecule has 0 amide bonds. The zero-order chi connectivity index (χ0) is 40.0. The van der Waals surface area contributed by atoms with E-state index in [1.807, 2.05) is 0 Å². The summed E-state index contributed by atoms with van der Waals surface area (Å²) < 4.78 is 7.26. The Labute approximate surface area is 353 Å². The van der Waals surface area contributed by atoms with Crippen molar-refractivity contribution in [2.24, 2.45) is 0 Å². The molecule has 13 rings (SSSR count). The van der Waals surface area contributed by atoms with Gasteiger partial charge in [-0.25, -0.2) is 0 Å². The number of anilines is 6. The first-order valence-electron chi connectivity index (χ1n) is 21.9. The molecule has 0 aromatic heterocycles. The average Bonchev–Trinajstić information content (AvgIpc) is 3.29. The van der Waals surface area contributed by atoms with Crippen molar-refractivity contribution in [3.05, 3.63) is 220 Å². The van der Waals surface area contributed by atoms with Crippen molar-refractivity contribution in [1.29, 1.82) is 0 Å². The van der Waals surface area contributed by atoms with E-state index in [1.54, 1.807) is 5.46 Å². The molecule has 60 heavy (non-hydrogen) atoms. The molecular weight excluding hydrogens is 727 g/mol. The number of hydrogen-bond acceptors (Lipinski definition) is 3. The first kappa shape index (κ1) is 34.4. The molecule has 0 bridgehead atoms. The number of fused-ring (bicyclic) bond motifs is 8. The molecule has 1 spiro atoms. The van der Waals surface area contributed by atoms with Gasteiger partial charge in [0.2, 0.25) is 6.71 Å². The van der Waals surface area contributed by atoms with Gasteiger partial charge in [-0.2, -0.15) is 0 Å². The van der Waals surface area contributed by atoms with Gasteiger partial charge in [-0.1, -0.05) is 154 Å². The highest BCUT2D eigenvalue weighted by molar-refractivity contribution is 6.89. The Hall–Kier alpha value is -6.52. The average molecular weight is 773 g/mol. The van der Waals surface area contributed by atoms with Crippen LogP contribution in [0, 0.1) is 0 Å². The maximum Gasteiger partial charge on any atom is 0.226 e. The number of para-hydroxylation sites is 5. The molecule has 7 aromatic rings. The molecule has 5 heterocycles. The quantitative estimate of drug-likeness (QED) is 0.166. The van der Waals surface area contributed by atoms with Crippen LogP contribution in [0.1, 0.15) is 90.0 Å². The second-order valence-corrected chi connectivity index (χ2v) is 18.1. The maximum atomic E-state index is 7.26. The Balaban J connectivity index is 1.07. The fourth-order valence-corrected chi connectivity index (χ4v) is 12.5. The molecule has 4 heteroatoms. The van der Waals surface area contributed by atoms with Crippen LogP contribution in [0.5, 0.6) is 5.75 Å². The predicted molar refractivity (Wildman–Crippen MR) is 248 cm³/mol. The summed E-state index contributed by atoms with van der Waals surface area (Å²) >= 11 is 0. The highest BCUT2D eigenvalue weighted by atomic mass is 16.5. The summed E-state index contributed by atoms with van der Waals surface area (Å²) in [6, 6.07) is 57.3. The van der Waals surface area contributed by atoms with E-state index in [2.05, 4.69) is 207 Å². The van der Waals surface area contributed by atoms with Crippen molar-refractivity contribution in [2.45, 2.75) is 62.8 Å². The Morgan fingerprint density at radius 1 is 0.550 bits per heavy atom. The molecule has 0 fully saturated rings. The summed E-state index contributed by atoms with van der Waals surface area (Å²) in [5.74, 6) is 2.39. The van der Waals surface area contributed by atoms with Gasteiger partial charge in [-0.05, 0) is 104 Å². The second-order valence-electron chi connectivity index (χ2n) is 18.1. The standard InChI is InChI=1S/C56H45BN2O/c1-33(2)36-29-40-34(3)39-19-16-28-51-54(39)57-53(40)41(30-36)35(4)42-31-38(32-52(60-51)55(42)57)59-49-26-14-10-22-45(49)56(46-23-11-15-27-50(46)59)43-20-8-12-24-47(43)58(37-17-6-5-7-18-37)48-25-13-9-21-44(48)56/h5-35,51,54H,1-4H3. The van der Waals surface area contributed by atoms with Gasteiger partial charge in [0.05, 0.1) is 33.9 Å². The third kappa shape index (κ3) is 4.26. The molecule has 6 aliphatic rings. The van der Waals surface area contributed by atoms with E-state index in [0.29, 0.717) is 17.7 Å². The van der Waals surface area contributed by atoms with E-state index < -0.39 is 5.41 Å². The molecule has 0 N–H and O–H groups in total. The fraction of sp³-hybridized carbons (Fsp3) is 0.179. The van der Waals surface area contributed by atoms with E-state index in [4.69, 9.17) is 4.74 Å². The molecule has 4 atom stereocenters. The van der Waals surface area contributed by atoms with E-state index in [1.165, 1.54) is 78.3 Å². The van der Waals surface area contributed by atoms with Crippen molar-refractivity contribution in [1.82, 2.24) is 0 Å². The zero-order valence-electron chi connectivity index (χ0n) is 34.4. The fourth-order valence-electron chi connectivity index (χ4n) is 12.5. The van der Waals surface area contributed by atoms with Crippen LogP contribution < -0.4 is 25.5 Å². The number of hydrogen-bond donors (Lipinski definition) is 0. The van der Waals surface area contributed by atoms with Crippen molar-refractivity contribution in [2.75, 3.05) is 9.80 Å². The van der Waals surface area contributed by atoms with Crippen molar-refractivity contribution in [3.8, 4) is 5.75 Å². The summed E-state index contributed by atoms with van der Waals surface area (Å²) in [4.78, 5) is 4.99. The van der Waals surface area contributed by atoms with Gasteiger partial charge >= 0.3 is 0 Å². The lowest BCUT2D eigenvalue weighted by atomic mass is 9.24. The van der Waals surface area contributed by atoms with Crippen molar-refractivity contribution >= 4 is 51.8 Å². The van der Waals surface area contributed by atoms with Gasteiger partial charge in [0, 0.05) is 29.4 Å². The monoisotopic (exact) mass is 772 g/mol. The highest BCUT2D eigenvalue weighted by Gasteiger charge is 2.55. The van der Waals surface area contributed by atoms with Crippen LogP contribution in [-0.2, 0) is 5.41 Å². The third-order valence-electron chi connectivity index (χ3n) is 15.0. The van der Waals surface area contributed by atoms with Crippen LogP contribution in [-0.4, -0.2) is 12.8 Å². The van der Waals surface area contributed by atoms with Crippen LogP contribution in [0.2, 0.25) is 5.82 Å². The topological polar surface area (TPSA) is 15.7 Å². The molecule has 288 valence electrons. The maximum absolute atomic E-state index is 7.26. The Bertz CT molecular complexity index is 2940. The predicted octanol–water partition coefficient (Wildman–Crippen LogP) is 12.6. The van der Waals surface area contributed by atoms with Crippen LogP contribution in [0.25, 0.3) is 0 Å². The summed E-state index contributed by atoms with van der Waals surface area (Å²) in [6.45, 7) is 9.84. The molecule has 7 aromatic carbocycles. The molecule has 0 saturated heterocycles. The van der Waals surface area contributed by atoms with Gasteiger partial charge in [0.25, 0.3) is 0 Å². The number of ether oxygens (including phenoxy) is 1. The zero-order valence-corrected chi connectivity index (χ0v) is 34.4. The van der Waals surface area contributed by atoms with E-state index in [0.717, 1.165) is 17.1 Å². The lowest BCUT2D eigenvalue weighted by Crippen LogP contribution is -2.63. The van der Waals surface area contributed by atoms with Gasteiger partial charge in [-0.15, -0.1) is 0 Å². The number of rotatable bonds is 3. The summed E-state index contributed by atoms with van der Waals surface area (Å²) in [6.07, 6.45) is 6.96. The van der Waals surface area contributed by atoms with E-state index in [9.17, 15) is 0 Å². The Morgan fingerprint density at radius 3 is 1.62 bits per heavy atom. The molecular formula is C56H45BN2O. The Morgan fingerprint density at radius 2 is 1.05 bits per heavy atom. The van der Waals surface area contributed by atoms with Gasteiger partial charge in [0.1, 0.15) is 11.9 Å². The first-order chi connectivity index (χ1) is 29.4. The number of allylic oxidation sites excluding steroid dienone is 2. The normalized spacial score (nSPS) is 21.4. The third-order valence-corrected chi connectivity index (χ3v) is 15.0. The molecule has 5 aliphatic heterocycles. The molecule has 1 aliphatic carbocycles. The van der Waals surface area contributed by atoms with Crippen LogP contribution in [0.3, 0.4) is 0 Å². The number of benzene rings is 7. The smallest absolute Gasteiger partial charge is 0.226 e. The molecule has 0 radical (unpaired) electrons. The molecule has 0 saturated carbocycles. The number of nitrogens with zero attached hydrogens (tertiary/aromatic N) is 2. The summed E-state index contributed by atoms with van der Waals surface area (Å²) in [5, 5.41) is 0. The van der Waals surface area contributed by atoms with E-state index in [-0.39, 0.29) is 18.7 Å². The van der Waals surface area contributed by atoms with Crippen LogP contribution >= 0.6 is 0 Å².